The molecule has 2 fully saturated rings. The highest BCUT2D eigenvalue weighted by molar-refractivity contribution is 4.92. The third-order valence-corrected chi connectivity index (χ3v) is 4.73. The molecule has 0 aromatic rings. The fourth-order valence-electron chi connectivity index (χ4n) is 3.34. The molecule has 2 aliphatic rings. The number of likely N-dealkylation sites (tertiary alicyclic amines) is 1. The first kappa shape index (κ1) is 12.4. The molecule has 16 heavy (non-hydrogen) atoms. The van der Waals surface area contributed by atoms with Crippen LogP contribution >= 0.6 is 0 Å². The molecular formula is C14H28N2. The van der Waals surface area contributed by atoms with Gasteiger partial charge in [-0.2, -0.15) is 0 Å². The maximum Gasteiger partial charge on any atom is 0.0121 e. The second-order valence-corrected chi connectivity index (χ2v) is 6.31. The average molecular weight is 224 g/mol. The van der Waals surface area contributed by atoms with Gasteiger partial charge in [-0.15, -0.1) is 0 Å². The topological polar surface area (TPSA) is 15.3 Å². The Morgan fingerprint density at radius 2 is 1.88 bits per heavy atom. The number of piperidine rings is 1. The largest absolute Gasteiger partial charge is 0.311 e. The van der Waals surface area contributed by atoms with Crippen LogP contribution in [0.25, 0.3) is 0 Å². The van der Waals surface area contributed by atoms with Crippen LogP contribution in [-0.2, 0) is 0 Å². The molecule has 0 bridgehead atoms. The molecule has 1 N–H and O–H groups in total. The van der Waals surface area contributed by atoms with Gasteiger partial charge in [0.25, 0.3) is 0 Å². The molecule has 1 saturated carbocycles. The summed E-state index contributed by atoms with van der Waals surface area (Å²) in [5, 5.41) is 3.93. The summed E-state index contributed by atoms with van der Waals surface area (Å²) in [4.78, 5) is 2.57. The zero-order valence-electron chi connectivity index (χ0n) is 11.3. The van der Waals surface area contributed by atoms with Gasteiger partial charge in [0.15, 0.2) is 0 Å². The van der Waals surface area contributed by atoms with Gasteiger partial charge in [0.2, 0.25) is 0 Å². The molecule has 1 aliphatic carbocycles. The summed E-state index contributed by atoms with van der Waals surface area (Å²) < 4.78 is 0. The summed E-state index contributed by atoms with van der Waals surface area (Å²) in [6, 6.07) is 1.55. The molecule has 0 radical (unpaired) electrons. The molecule has 0 amide bonds. The lowest BCUT2D eigenvalue weighted by Gasteiger charge is -2.36. The molecule has 1 unspecified atom stereocenters. The maximum atomic E-state index is 3.93. The second-order valence-electron chi connectivity index (χ2n) is 6.31. The zero-order valence-corrected chi connectivity index (χ0v) is 11.3. The lowest BCUT2D eigenvalue weighted by molar-refractivity contribution is 0.177. The number of nitrogens with one attached hydrogen (secondary N) is 1. The van der Waals surface area contributed by atoms with Crippen molar-refractivity contribution in [1.82, 2.24) is 10.2 Å². The van der Waals surface area contributed by atoms with Crippen molar-refractivity contribution >= 4 is 0 Å². The van der Waals surface area contributed by atoms with Gasteiger partial charge in [0, 0.05) is 12.1 Å². The van der Waals surface area contributed by atoms with Crippen LogP contribution in [0.1, 0.15) is 52.9 Å². The van der Waals surface area contributed by atoms with E-state index < -0.39 is 0 Å². The van der Waals surface area contributed by atoms with Gasteiger partial charge in [0.05, 0.1) is 0 Å². The highest BCUT2D eigenvalue weighted by atomic mass is 15.1. The Morgan fingerprint density at radius 1 is 1.19 bits per heavy atom. The molecule has 1 saturated heterocycles. The summed E-state index contributed by atoms with van der Waals surface area (Å²) in [6.07, 6.45) is 6.90. The van der Waals surface area contributed by atoms with Gasteiger partial charge in [-0.25, -0.2) is 0 Å². The van der Waals surface area contributed by atoms with Crippen molar-refractivity contribution in [2.75, 3.05) is 19.6 Å². The summed E-state index contributed by atoms with van der Waals surface area (Å²) in [5.41, 5.74) is 0.530. The Balaban J connectivity index is 1.78. The Kier molecular flexibility index (Phi) is 3.91. The number of rotatable bonds is 3. The lowest BCUT2D eigenvalue weighted by Crippen LogP contribution is -2.49. The van der Waals surface area contributed by atoms with E-state index in [1.165, 1.54) is 51.7 Å². The molecule has 1 heterocycles. The first-order chi connectivity index (χ1) is 7.62. The smallest absolute Gasteiger partial charge is 0.0121 e. The highest BCUT2D eigenvalue weighted by Gasteiger charge is 2.35. The standard InChI is InChI=1S/C14H28N2/c1-4-16-10-7-12(8-11-16)15-13-6-5-9-14(13,2)3/h12-13,15H,4-11H2,1-3H3. The van der Waals surface area contributed by atoms with Crippen molar-refractivity contribution in [3.05, 3.63) is 0 Å². The highest BCUT2D eigenvalue weighted by Crippen LogP contribution is 2.37. The first-order valence-electron chi connectivity index (χ1n) is 7.10. The number of hydrogen-bond acceptors (Lipinski definition) is 2. The summed E-state index contributed by atoms with van der Waals surface area (Å²) in [6.45, 7) is 10.9. The molecule has 1 atom stereocenters. The Morgan fingerprint density at radius 3 is 2.38 bits per heavy atom. The Labute approximate surface area is 101 Å². The van der Waals surface area contributed by atoms with Crippen molar-refractivity contribution in [2.24, 2.45) is 5.41 Å². The van der Waals surface area contributed by atoms with Crippen molar-refractivity contribution < 1.29 is 0 Å². The Hall–Kier alpha value is -0.0800. The van der Waals surface area contributed by atoms with Crippen LogP contribution < -0.4 is 5.32 Å². The molecular weight excluding hydrogens is 196 g/mol. The molecule has 94 valence electrons. The normalized spacial score (nSPS) is 32.1. The molecule has 0 aromatic carbocycles. The van der Waals surface area contributed by atoms with Gasteiger partial charge in [-0.1, -0.05) is 27.2 Å². The fourth-order valence-corrected chi connectivity index (χ4v) is 3.34. The van der Waals surface area contributed by atoms with E-state index in [1.54, 1.807) is 0 Å². The fraction of sp³-hybridized carbons (Fsp3) is 1.00. The maximum absolute atomic E-state index is 3.93. The molecule has 2 nitrogen and oxygen atoms in total. The number of hydrogen-bond donors (Lipinski definition) is 1. The van der Waals surface area contributed by atoms with Crippen LogP contribution in [0, 0.1) is 5.41 Å². The molecule has 1 aliphatic heterocycles. The van der Waals surface area contributed by atoms with Crippen LogP contribution in [0.5, 0.6) is 0 Å². The van der Waals surface area contributed by atoms with Crippen molar-refractivity contribution in [2.45, 2.75) is 65.0 Å². The van der Waals surface area contributed by atoms with Crippen LogP contribution in [0.3, 0.4) is 0 Å². The minimum absolute atomic E-state index is 0.530. The van der Waals surface area contributed by atoms with Gasteiger partial charge in [-0.3, -0.25) is 0 Å². The third-order valence-electron chi connectivity index (χ3n) is 4.73. The number of nitrogens with zero attached hydrogens (tertiary/aromatic N) is 1. The average Bonchev–Trinajstić information content (AvgIpc) is 2.59. The third kappa shape index (κ3) is 2.78. The van der Waals surface area contributed by atoms with Crippen molar-refractivity contribution in [3.8, 4) is 0 Å². The van der Waals surface area contributed by atoms with E-state index in [-0.39, 0.29) is 0 Å². The quantitative estimate of drug-likeness (QED) is 0.793. The summed E-state index contributed by atoms with van der Waals surface area (Å²) in [7, 11) is 0. The summed E-state index contributed by atoms with van der Waals surface area (Å²) >= 11 is 0. The molecule has 2 rings (SSSR count). The van der Waals surface area contributed by atoms with E-state index >= 15 is 0 Å². The van der Waals surface area contributed by atoms with Crippen LogP contribution in [0.4, 0.5) is 0 Å². The van der Waals surface area contributed by atoms with Crippen molar-refractivity contribution in [3.63, 3.8) is 0 Å². The molecule has 2 heteroatoms. The predicted molar refractivity (Wildman–Crippen MR) is 69.7 cm³/mol. The predicted octanol–water partition coefficient (Wildman–Crippen LogP) is 2.64. The second kappa shape index (κ2) is 5.05. The van der Waals surface area contributed by atoms with Crippen LogP contribution in [0.15, 0.2) is 0 Å². The SMILES string of the molecule is CCN1CCC(NC2CCCC2(C)C)CC1. The monoisotopic (exact) mass is 224 g/mol. The Bertz CT molecular complexity index is 217. The minimum Gasteiger partial charge on any atom is -0.311 e. The van der Waals surface area contributed by atoms with E-state index in [9.17, 15) is 0 Å². The van der Waals surface area contributed by atoms with Crippen LogP contribution in [0.2, 0.25) is 0 Å². The molecule has 0 spiro atoms. The van der Waals surface area contributed by atoms with Gasteiger partial charge in [-0.05, 0) is 50.7 Å². The van der Waals surface area contributed by atoms with Gasteiger partial charge in [0.1, 0.15) is 0 Å². The molecule has 0 aromatic heterocycles. The van der Waals surface area contributed by atoms with Gasteiger partial charge < -0.3 is 10.2 Å². The lowest BCUT2D eigenvalue weighted by atomic mass is 9.86. The van der Waals surface area contributed by atoms with E-state index in [0.29, 0.717) is 5.41 Å². The van der Waals surface area contributed by atoms with Crippen molar-refractivity contribution in [1.29, 1.82) is 0 Å². The van der Waals surface area contributed by atoms with E-state index in [2.05, 4.69) is 31.0 Å². The summed E-state index contributed by atoms with van der Waals surface area (Å²) in [5.74, 6) is 0. The first-order valence-corrected chi connectivity index (χ1v) is 7.10. The van der Waals surface area contributed by atoms with E-state index in [1.807, 2.05) is 0 Å². The van der Waals surface area contributed by atoms with E-state index in [0.717, 1.165) is 12.1 Å². The zero-order chi connectivity index (χ0) is 11.6. The minimum atomic E-state index is 0.530. The van der Waals surface area contributed by atoms with Gasteiger partial charge >= 0.3 is 0 Å². The van der Waals surface area contributed by atoms with Crippen LogP contribution in [-0.4, -0.2) is 36.6 Å². The van der Waals surface area contributed by atoms with E-state index in [4.69, 9.17) is 0 Å².